The summed E-state index contributed by atoms with van der Waals surface area (Å²) in [6, 6.07) is 6.91. The minimum atomic E-state index is -0.207. The van der Waals surface area contributed by atoms with E-state index in [0.29, 0.717) is 6.54 Å². The Kier molecular flexibility index (Phi) is 4.89. The van der Waals surface area contributed by atoms with Crippen LogP contribution in [0, 0.1) is 11.7 Å². The summed E-state index contributed by atoms with van der Waals surface area (Å²) < 4.78 is 13.3. The Morgan fingerprint density at radius 2 is 2.14 bits per heavy atom. The monoisotopic (exact) mass is 312 g/mol. The predicted octanol–water partition coefficient (Wildman–Crippen LogP) is 2.52. The average Bonchev–Trinajstić information content (AvgIpc) is 3.11. The zero-order chi connectivity index (χ0) is 14.2. The predicted molar refractivity (Wildman–Crippen MR) is 82.9 cm³/mol. The van der Waals surface area contributed by atoms with Crippen molar-refractivity contribution in [2.24, 2.45) is 11.7 Å². The van der Waals surface area contributed by atoms with Crippen LogP contribution in [0.25, 0.3) is 0 Å². The number of rotatable bonds is 4. The van der Waals surface area contributed by atoms with E-state index in [4.69, 9.17) is 5.73 Å². The quantitative estimate of drug-likeness (QED) is 0.897. The summed E-state index contributed by atoms with van der Waals surface area (Å²) in [5.74, 6) is -0.0317. The molecule has 1 aromatic rings. The van der Waals surface area contributed by atoms with Crippen LogP contribution < -0.4 is 11.1 Å². The largest absolute Gasteiger partial charge is 0.355 e. The van der Waals surface area contributed by atoms with Gasteiger partial charge in [0, 0.05) is 23.9 Å². The van der Waals surface area contributed by atoms with Gasteiger partial charge in [0.2, 0.25) is 5.91 Å². The lowest BCUT2D eigenvalue weighted by molar-refractivity contribution is -0.124. The molecule has 0 heterocycles. The molecular weight excluding hydrogens is 291 g/mol. The molecule has 0 bridgehead atoms. The number of hydrogen-bond acceptors (Lipinski definition) is 2. The van der Waals surface area contributed by atoms with E-state index in [1.165, 1.54) is 6.07 Å². The van der Waals surface area contributed by atoms with Crippen LogP contribution in [0.3, 0.4) is 0 Å². The fourth-order valence-electron chi connectivity index (χ4n) is 3.19. The molecule has 2 saturated carbocycles. The molecule has 0 radical (unpaired) electrons. The summed E-state index contributed by atoms with van der Waals surface area (Å²) >= 11 is 0. The number of nitrogens with two attached hydrogens (primary N) is 1. The summed E-state index contributed by atoms with van der Waals surface area (Å²) in [5, 5.41) is 3.05. The van der Waals surface area contributed by atoms with Crippen molar-refractivity contribution in [1.29, 1.82) is 0 Å². The molecule has 0 aliphatic heterocycles. The van der Waals surface area contributed by atoms with E-state index in [1.807, 2.05) is 6.07 Å². The SMILES string of the molecule is Cl.NC1CCC(C(=O)NCC2(c3cccc(F)c3)CC2)C1. The first kappa shape index (κ1) is 16.2. The lowest BCUT2D eigenvalue weighted by Gasteiger charge is -2.18. The lowest BCUT2D eigenvalue weighted by Crippen LogP contribution is -2.36. The first-order valence-electron chi connectivity index (χ1n) is 7.38. The van der Waals surface area contributed by atoms with Gasteiger partial charge in [-0.15, -0.1) is 12.4 Å². The molecule has 2 aliphatic carbocycles. The smallest absolute Gasteiger partial charge is 0.223 e. The zero-order valence-corrected chi connectivity index (χ0v) is 12.8. The molecule has 0 spiro atoms. The van der Waals surface area contributed by atoms with E-state index in [0.717, 1.165) is 37.7 Å². The van der Waals surface area contributed by atoms with Gasteiger partial charge >= 0.3 is 0 Å². The average molecular weight is 313 g/mol. The van der Waals surface area contributed by atoms with Gasteiger partial charge in [0.25, 0.3) is 0 Å². The van der Waals surface area contributed by atoms with Gasteiger partial charge in [0.1, 0.15) is 5.82 Å². The van der Waals surface area contributed by atoms with Gasteiger partial charge in [-0.05, 0) is 49.8 Å². The third kappa shape index (κ3) is 3.55. The highest BCUT2D eigenvalue weighted by Gasteiger charge is 2.44. The van der Waals surface area contributed by atoms with E-state index in [1.54, 1.807) is 12.1 Å². The van der Waals surface area contributed by atoms with Gasteiger partial charge in [-0.25, -0.2) is 4.39 Å². The number of hydrogen-bond donors (Lipinski definition) is 2. The van der Waals surface area contributed by atoms with Crippen LogP contribution in [0.15, 0.2) is 24.3 Å². The van der Waals surface area contributed by atoms with E-state index in [-0.39, 0.29) is 41.5 Å². The molecule has 0 saturated heterocycles. The normalized spacial score (nSPS) is 26.0. The third-order valence-electron chi connectivity index (χ3n) is 4.74. The fraction of sp³-hybridized carbons (Fsp3) is 0.562. The summed E-state index contributed by atoms with van der Waals surface area (Å²) in [6.07, 6.45) is 4.65. The highest BCUT2D eigenvalue weighted by Crippen LogP contribution is 2.47. The Hall–Kier alpha value is -1.13. The maximum Gasteiger partial charge on any atom is 0.223 e. The van der Waals surface area contributed by atoms with Crippen molar-refractivity contribution in [2.45, 2.75) is 43.6 Å². The van der Waals surface area contributed by atoms with Crippen molar-refractivity contribution in [1.82, 2.24) is 5.32 Å². The first-order chi connectivity index (χ1) is 9.59. The molecule has 116 valence electrons. The minimum absolute atomic E-state index is 0. The van der Waals surface area contributed by atoms with E-state index < -0.39 is 0 Å². The number of carbonyl (C=O) groups is 1. The number of benzene rings is 1. The van der Waals surface area contributed by atoms with E-state index in [2.05, 4.69) is 5.32 Å². The van der Waals surface area contributed by atoms with Crippen molar-refractivity contribution in [2.75, 3.05) is 6.54 Å². The number of nitrogens with one attached hydrogen (secondary N) is 1. The summed E-state index contributed by atoms with van der Waals surface area (Å²) in [4.78, 5) is 12.1. The van der Waals surface area contributed by atoms with Gasteiger partial charge in [-0.1, -0.05) is 12.1 Å². The zero-order valence-electron chi connectivity index (χ0n) is 12.0. The van der Waals surface area contributed by atoms with Gasteiger partial charge in [0.15, 0.2) is 0 Å². The van der Waals surface area contributed by atoms with Crippen LogP contribution in [0.5, 0.6) is 0 Å². The Bertz CT molecular complexity index is 519. The lowest BCUT2D eigenvalue weighted by atomic mass is 9.95. The molecule has 3 N–H and O–H groups in total. The summed E-state index contributed by atoms with van der Waals surface area (Å²) in [6.45, 7) is 0.612. The van der Waals surface area contributed by atoms with E-state index >= 15 is 0 Å². The number of carbonyl (C=O) groups excluding carboxylic acids is 1. The standard InChI is InChI=1S/C16H21FN2O.ClH/c17-13-3-1-2-12(9-13)16(6-7-16)10-19-15(20)11-4-5-14(18)8-11;/h1-3,9,11,14H,4-8,10,18H2,(H,19,20);1H. The maximum absolute atomic E-state index is 13.3. The molecule has 21 heavy (non-hydrogen) atoms. The van der Waals surface area contributed by atoms with Crippen molar-refractivity contribution in [3.05, 3.63) is 35.6 Å². The van der Waals surface area contributed by atoms with Crippen LogP contribution in [0.4, 0.5) is 4.39 Å². The van der Waals surface area contributed by atoms with Gasteiger partial charge < -0.3 is 11.1 Å². The second kappa shape index (κ2) is 6.32. The van der Waals surface area contributed by atoms with Crippen LogP contribution in [0.2, 0.25) is 0 Å². The topological polar surface area (TPSA) is 55.1 Å². The molecule has 2 fully saturated rings. The van der Waals surface area contributed by atoms with E-state index in [9.17, 15) is 9.18 Å². The molecule has 5 heteroatoms. The van der Waals surface area contributed by atoms with Gasteiger partial charge in [0.05, 0.1) is 0 Å². The fourth-order valence-corrected chi connectivity index (χ4v) is 3.19. The van der Waals surface area contributed by atoms with Gasteiger partial charge in [-0.2, -0.15) is 0 Å². The van der Waals surface area contributed by atoms with Gasteiger partial charge in [-0.3, -0.25) is 4.79 Å². The van der Waals surface area contributed by atoms with Crippen molar-refractivity contribution >= 4 is 18.3 Å². The molecule has 3 rings (SSSR count). The second-order valence-electron chi connectivity index (χ2n) is 6.28. The summed E-state index contributed by atoms with van der Waals surface area (Å²) in [7, 11) is 0. The number of halogens is 2. The van der Waals surface area contributed by atoms with Crippen molar-refractivity contribution in [3.8, 4) is 0 Å². The Balaban J connectivity index is 0.00000161. The Labute approximate surface area is 130 Å². The third-order valence-corrected chi connectivity index (χ3v) is 4.74. The molecule has 1 amide bonds. The molecule has 3 nitrogen and oxygen atoms in total. The number of amides is 1. The van der Waals surface area contributed by atoms with Crippen molar-refractivity contribution in [3.63, 3.8) is 0 Å². The van der Waals surface area contributed by atoms with Crippen molar-refractivity contribution < 1.29 is 9.18 Å². The highest BCUT2D eigenvalue weighted by molar-refractivity contribution is 5.85. The molecule has 2 atom stereocenters. The summed E-state index contributed by atoms with van der Waals surface area (Å²) in [5.41, 5.74) is 6.80. The Morgan fingerprint density at radius 3 is 2.71 bits per heavy atom. The first-order valence-corrected chi connectivity index (χ1v) is 7.38. The minimum Gasteiger partial charge on any atom is -0.355 e. The molecule has 2 aliphatic rings. The van der Waals surface area contributed by atoms with Crippen LogP contribution in [0.1, 0.15) is 37.7 Å². The van der Waals surface area contributed by atoms with Crippen LogP contribution in [-0.2, 0) is 10.2 Å². The Morgan fingerprint density at radius 1 is 1.38 bits per heavy atom. The van der Waals surface area contributed by atoms with Crippen LogP contribution >= 0.6 is 12.4 Å². The highest BCUT2D eigenvalue weighted by atomic mass is 35.5. The second-order valence-corrected chi connectivity index (χ2v) is 6.28. The molecule has 0 aromatic heterocycles. The molecule has 1 aromatic carbocycles. The maximum atomic E-state index is 13.3. The molecular formula is C16H22ClFN2O. The van der Waals surface area contributed by atoms with Crippen LogP contribution in [-0.4, -0.2) is 18.5 Å². The molecule has 2 unspecified atom stereocenters.